The maximum atomic E-state index is 12.4. The van der Waals surface area contributed by atoms with E-state index >= 15 is 0 Å². The highest BCUT2D eigenvalue weighted by atomic mass is 19.4. The minimum atomic E-state index is -4.75. The van der Waals surface area contributed by atoms with Crippen LogP contribution in [0.3, 0.4) is 0 Å². The number of benzene rings is 2. The van der Waals surface area contributed by atoms with Gasteiger partial charge in [0.1, 0.15) is 5.75 Å². The third-order valence-corrected chi connectivity index (χ3v) is 7.78. The predicted molar refractivity (Wildman–Crippen MR) is 139 cm³/mol. The number of piperidine rings is 1. The van der Waals surface area contributed by atoms with E-state index < -0.39 is 16.8 Å². The number of nitro groups is 1. The molecule has 1 aliphatic heterocycles. The van der Waals surface area contributed by atoms with Crippen molar-refractivity contribution in [2.24, 2.45) is 11.7 Å². The third kappa shape index (κ3) is 6.11. The van der Waals surface area contributed by atoms with Crippen molar-refractivity contribution in [2.45, 2.75) is 56.5 Å². The molecule has 0 spiro atoms. The topological polar surface area (TPSA) is 120 Å². The van der Waals surface area contributed by atoms with Gasteiger partial charge in [0.15, 0.2) is 5.76 Å². The lowest BCUT2D eigenvalue weighted by molar-refractivity contribution is -0.384. The van der Waals surface area contributed by atoms with Gasteiger partial charge >= 0.3 is 6.36 Å². The van der Waals surface area contributed by atoms with E-state index in [1.165, 1.54) is 42.6 Å². The van der Waals surface area contributed by atoms with Crippen LogP contribution in [0.2, 0.25) is 0 Å². The second kappa shape index (κ2) is 10.8. The number of hydrogen-bond acceptors (Lipinski definition) is 8. The van der Waals surface area contributed by atoms with E-state index in [2.05, 4.69) is 19.9 Å². The summed E-state index contributed by atoms with van der Waals surface area (Å²) in [6.45, 7) is 1.61. The van der Waals surface area contributed by atoms with Gasteiger partial charge in [-0.3, -0.25) is 10.1 Å². The zero-order valence-electron chi connectivity index (χ0n) is 21.2. The van der Waals surface area contributed by atoms with Gasteiger partial charge in [0.25, 0.3) is 11.7 Å². The molecule has 3 aromatic rings. The molecule has 0 amide bonds. The van der Waals surface area contributed by atoms with Gasteiger partial charge in [-0.2, -0.15) is 0 Å². The number of nitrogens with two attached hydrogens (primary N) is 1. The number of hydrogen-bond donors (Lipinski definition) is 2. The normalized spacial score (nSPS) is 23.8. The zero-order valence-corrected chi connectivity index (χ0v) is 21.2. The van der Waals surface area contributed by atoms with Gasteiger partial charge in [0.2, 0.25) is 0 Å². The lowest BCUT2D eigenvalue weighted by Crippen LogP contribution is -2.63. The van der Waals surface area contributed by atoms with Crippen LogP contribution >= 0.6 is 0 Å². The number of anilines is 2. The summed E-state index contributed by atoms with van der Waals surface area (Å²) >= 11 is 0. The monoisotopic (exact) mass is 545 g/mol. The molecule has 9 nitrogen and oxygen atoms in total. The smallest absolute Gasteiger partial charge is 0.424 e. The van der Waals surface area contributed by atoms with Crippen molar-refractivity contribution in [2.75, 3.05) is 23.3 Å². The van der Waals surface area contributed by atoms with Crippen molar-refractivity contribution in [1.29, 1.82) is 0 Å². The Hall–Kier alpha value is -3.80. The SMILES string of the molecule is NC1([C@H]2CCCN(c3ccc([N+](=O)[O-])cc3)C2)CCCCC1Nc1ncc(-c2ccc(OC(F)(F)F)cc2)o1. The Balaban J connectivity index is 1.28. The maximum Gasteiger partial charge on any atom is 0.573 e. The van der Waals surface area contributed by atoms with E-state index in [0.29, 0.717) is 17.3 Å². The highest BCUT2D eigenvalue weighted by Gasteiger charge is 2.45. The van der Waals surface area contributed by atoms with Crippen LogP contribution in [0.1, 0.15) is 38.5 Å². The van der Waals surface area contributed by atoms with Crippen molar-refractivity contribution < 1.29 is 27.2 Å². The molecule has 5 rings (SSSR count). The third-order valence-electron chi connectivity index (χ3n) is 7.78. The molecule has 12 heteroatoms. The van der Waals surface area contributed by atoms with Crippen molar-refractivity contribution in [3.8, 4) is 17.1 Å². The first kappa shape index (κ1) is 26.8. The van der Waals surface area contributed by atoms with Crippen LogP contribution < -0.4 is 20.7 Å². The van der Waals surface area contributed by atoms with Crippen LogP contribution in [0.15, 0.2) is 59.1 Å². The number of ether oxygens (including phenoxy) is 1. The van der Waals surface area contributed by atoms with E-state index in [1.807, 2.05) is 0 Å². The van der Waals surface area contributed by atoms with Gasteiger partial charge in [-0.15, -0.1) is 13.2 Å². The van der Waals surface area contributed by atoms with Crippen molar-refractivity contribution in [3.05, 3.63) is 64.8 Å². The van der Waals surface area contributed by atoms with E-state index in [9.17, 15) is 23.3 Å². The summed E-state index contributed by atoms with van der Waals surface area (Å²) in [5, 5.41) is 14.4. The van der Waals surface area contributed by atoms with Crippen LogP contribution in [0.5, 0.6) is 5.75 Å². The molecule has 2 unspecified atom stereocenters. The summed E-state index contributed by atoms with van der Waals surface area (Å²) in [5.74, 6) is 0.292. The molecule has 39 heavy (non-hydrogen) atoms. The number of nitro benzene ring substituents is 1. The minimum absolute atomic E-state index is 0.0649. The first-order valence-corrected chi connectivity index (χ1v) is 13.0. The average Bonchev–Trinajstić information content (AvgIpc) is 3.38. The lowest BCUT2D eigenvalue weighted by atomic mass is 9.67. The molecule has 3 atom stereocenters. The summed E-state index contributed by atoms with van der Waals surface area (Å²) in [5.41, 5.74) is 8.23. The Morgan fingerprint density at radius 2 is 1.85 bits per heavy atom. The molecule has 0 radical (unpaired) electrons. The van der Waals surface area contributed by atoms with Gasteiger partial charge in [-0.05, 0) is 68.0 Å². The highest BCUT2D eigenvalue weighted by Crippen LogP contribution is 2.40. The fraction of sp³-hybridized carbons (Fsp3) is 0.444. The molecular formula is C27H30F3N5O4. The number of aromatic nitrogens is 1. The summed E-state index contributed by atoms with van der Waals surface area (Å²) in [6.07, 6.45) is 2.45. The lowest BCUT2D eigenvalue weighted by Gasteiger charge is -2.50. The predicted octanol–water partition coefficient (Wildman–Crippen LogP) is 6.12. The second-order valence-electron chi connectivity index (χ2n) is 10.2. The van der Waals surface area contributed by atoms with E-state index in [0.717, 1.165) is 57.3 Å². The summed E-state index contributed by atoms with van der Waals surface area (Å²) in [7, 11) is 0. The number of nitrogens with zero attached hydrogens (tertiary/aromatic N) is 3. The first-order valence-electron chi connectivity index (χ1n) is 13.0. The number of oxazole rings is 1. The largest absolute Gasteiger partial charge is 0.573 e. The fourth-order valence-electron chi connectivity index (χ4n) is 5.80. The Bertz CT molecular complexity index is 1280. The Kier molecular flexibility index (Phi) is 7.39. The fourth-order valence-corrected chi connectivity index (χ4v) is 5.80. The van der Waals surface area contributed by atoms with Crippen LogP contribution in [-0.4, -0.2) is 40.9 Å². The van der Waals surface area contributed by atoms with Gasteiger partial charge < -0.3 is 25.1 Å². The van der Waals surface area contributed by atoms with E-state index in [-0.39, 0.29) is 23.4 Å². The number of non-ortho nitro benzene ring substituents is 1. The standard InChI is InChI=1S/C27H30F3N5O4/c28-27(29,30)39-22-12-6-18(7-13-22)23-16-32-25(38-23)33-24-5-1-2-14-26(24,31)19-4-3-15-34(17-19)20-8-10-21(11-9-20)35(36)37/h6-13,16,19,24H,1-5,14-15,17,31H2,(H,32,33)/t19-,24?,26?/m0/s1. The summed E-state index contributed by atoms with van der Waals surface area (Å²) in [4.78, 5) is 17.2. The quantitative estimate of drug-likeness (QED) is 0.269. The average molecular weight is 546 g/mol. The maximum absolute atomic E-state index is 12.4. The first-order chi connectivity index (χ1) is 18.6. The van der Waals surface area contributed by atoms with Crippen LogP contribution in [0, 0.1) is 16.0 Å². The molecule has 2 fully saturated rings. The van der Waals surface area contributed by atoms with Gasteiger partial charge in [-0.25, -0.2) is 4.98 Å². The van der Waals surface area contributed by atoms with Gasteiger partial charge in [-0.1, -0.05) is 12.8 Å². The summed E-state index contributed by atoms with van der Waals surface area (Å²) < 4.78 is 47.2. The molecular weight excluding hydrogens is 515 g/mol. The molecule has 2 aromatic carbocycles. The molecule has 1 aromatic heterocycles. The number of alkyl halides is 3. The molecule has 2 aliphatic rings. The Morgan fingerprint density at radius 1 is 1.10 bits per heavy atom. The number of nitrogens with one attached hydrogen (secondary N) is 1. The van der Waals surface area contributed by atoms with E-state index in [4.69, 9.17) is 10.2 Å². The van der Waals surface area contributed by atoms with Gasteiger partial charge in [0, 0.05) is 48.1 Å². The summed E-state index contributed by atoms with van der Waals surface area (Å²) in [6, 6.07) is 12.3. The van der Waals surface area contributed by atoms with Crippen LogP contribution in [0.4, 0.5) is 30.6 Å². The highest BCUT2D eigenvalue weighted by molar-refractivity contribution is 5.58. The molecule has 2 heterocycles. The second-order valence-corrected chi connectivity index (χ2v) is 10.2. The zero-order chi connectivity index (χ0) is 27.6. The van der Waals surface area contributed by atoms with E-state index in [1.54, 1.807) is 12.1 Å². The van der Waals surface area contributed by atoms with Gasteiger partial charge in [0.05, 0.1) is 11.1 Å². The van der Waals surface area contributed by atoms with Crippen molar-refractivity contribution in [1.82, 2.24) is 4.98 Å². The number of halogens is 3. The Labute approximate surface area is 223 Å². The molecule has 0 bridgehead atoms. The van der Waals surface area contributed by atoms with Crippen molar-refractivity contribution in [3.63, 3.8) is 0 Å². The molecule has 208 valence electrons. The minimum Gasteiger partial charge on any atom is -0.424 e. The Morgan fingerprint density at radius 3 is 2.54 bits per heavy atom. The molecule has 1 saturated heterocycles. The van der Waals surface area contributed by atoms with Crippen molar-refractivity contribution >= 4 is 17.4 Å². The van der Waals surface area contributed by atoms with Crippen LogP contribution in [0.25, 0.3) is 11.3 Å². The number of rotatable bonds is 7. The molecule has 1 aliphatic carbocycles. The molecule has 1 saturated carbocycles. The van der Waals surface area contributed by atoms with Crippen LogP contribution in [-0.2, 0) is 0 Å². The molecule has 3 N–H and O–H groups in total.